The molecule has 0 aliphatic carbocycles. The van der Waals surface area contributed by atoms with Crippen LogP contribution in [0.1, 0.15) is 19.4 Å². The zero-order chi connectivity index (χ0) is 18.0. The van der Waals surface area contributed by atoms with Gasteiger partial charge in [-0.3, -0.25) is 9.59 Å². The summed E-state index contributed by atoms with van der Waals surface area (Å²) < 4.78 is 11.0. The van der Waals surface area contributed by atoms with Crippen molar-refractivity contribution in [1.29, 1.82) is 0 Å². The monoisotopic (exact) mass is 363 g/mol. The van der Waals surface area contributed by atoms with Gasteiger partial charge >= 0.3 is 0 Å². The largest absolute Gasteiger partial charge is 0.496 e. The third-order valence-electron chi connectivity index (χ3n) is 4.30. The Morgan fingerprint density at radius 2 is 1.96 bits per heavy atom. The normalized spacial score (nSPS) is 28.7. The molecule has 0 saturated carbocycles. The zero-order valence-corrected chi connectivity index (χ0v) is 15.5. The van der Waals surface area contributed by atoms with Crippen LogP contribution in [0.15, 0.2) is 29.2 Å². The number of rotatable bonds is 4. The Hall–Kier alpha value is -1.83. The third-order valence-corrected chi connectivity index (χ3v) is 5.21. The number of methoxy groups -OCH3 is 1. The number of imide groups is 1. The molecule has 2 atom stereocenters. The van der Waals surface area contributed by atoms with Crippen molar-refractivity contribution in [2.24, 2.45) is 0 Å². The second-order valence-corrected chi connectivity index (χ2v) is 7.42. The predicted molar refractivity (Wildman–Crippen MR) is 96.4 cm³/mol. The first kappa shape index (κ1) is 18.0. The van der Waals surface area contributed by atoms with Gasteiger partial charge in [0.15, 0.2) is 6.67 Å². The molecule has 0 radical (unpaired) electrons. The van der Waals surface area contributed by atoms with E-state index in [2.05, 4.69) is 0 Å². The van der Waals surface area contributed by atoms with E-state index in [4.69, 9.17) is 9.47 Å². The highest BCUT2D eigenvalue weighted by atomic mass is 32.2. The van der Waals surface area contributed by atoms with Crippen molar-refractivity contribution >= 4 is 29.0 Å². The van der Waals surface area contributed by atoms with Gasteiger partial charge in [-0.15, -0.1) is 0 Å². The molecule has 0 aromatic heterocycles. The average molecular weight is 363 g/mol. The maximum atomic E-state index is 12.7. The van der Waals surface area contributed by atoms with E-state index in [1.54, 1.807) is 13.2 Å². The molecule has 25 heavy (non-hydrogen) atoms. The summed E-state index contributed by atoms with van der Waals surface area (Å²) in [6.07, 6.45) is 1.98. The molecule has 2 aliphatic rings. The minimum Gasteiger partial charge on any atom is -0.496 e. The number of thioether (sulfide) groups is 1. The van der Waals surface area contributed by atoms with Crippen LogP contribution in [0.5, 0.6) is 5.75 Å². The Balaban J connectivity index is 1.75. The lowest BCUT2D eigenvalue weighted by atomic mass is 10.2. The minimum atomic E-state index is -0.236. The summed E-state index contributed by atoms with van der Waals surface area (Å²) in [5.41, 5.74) is 0.788. The van der Waals surface area contributed by atoms with E-state index >= 15 is 0 Å². The lowest BCUT2D eigenvalue weighted by Gasteiger charge is -2.33. The van der Waals surface area contributed by atoms with Crippen molar-refractivity contribution in [3.8, 4) is 5.75 Å². The van der Waals surface area contributed by atoms with E-state index in [0.29, 0.717) is 17.3 Å². The minimum absolute atomic E-state index is 0.128. The number of carbonyl (C=O) groups is 2. The van der Waals surface area contributed by atoms with Crippen LogP contribution in [0.4, 0.5) is 4.79 Å². The summed E-state index contributed by atoms with van der Waals surface area (Å²) in [5, 5.41) is -0.217. The first-order valence-corrected chi connectivity index (χ1v) is 9.17. The van der Waals surface area contributed by atoms with Gasteiger partial charge < -0.3 is 14.4 Å². The summed E-state index contributed by atoms with van der Waals surface area (Å²) in [5.74, 6) is 0.441. The van der Waals surface area contributed by atoms with Crippen molar-refractivity contribution in [3.63, 3.8) is 0 Å². The van der Waals surface area contributed by atoms with E-state index < -0.39 is 0 Å². The van der Waals surface area contributed by atoms with Gasteiger partial charge in [0, 0.05) is 5.56 Å². The molecule has 6 nitrogen and oxygen atoms in total. The lowest BCUT2D eigenvalue weighted by Crippen LogP contribution is -3.16. The highest BCUT2D eigenvalue weighted by Crippen LogP contribution is 2.33. The maximum Gasteiger partial charge on any atom is 0.298 e. The number of benzene rings is 1. The SMILES string of the molecule is COc1ccccc1/C=C1/SC(=O)N(C[NH+]2C[C@H](C)O[C@@H](C)C2)C1=O. The molecule has 2 aliphatic heterocycles. The van der Waals surface area contributed by atoms with Crippen LogP contribution >= 0.6 is 11.8 Å². The molecule has 7 heteroatoms. The van der Waals surface area contributed by atoms with Crippen LogP contribution in [0.2, 0.25) is 0 Å². The molecule has 134 valence electrons. The second kappa shape index (κ2) is 7.59. The second-order valence-electron chi connectivity index (χ2n) is 6.43. The van der Waals surface area contributed by atoms with Gasteiger partial charge in [-0.05, 0) is 37.8 Å². The van der Waals surface area contributed by atoms with E-state index in [-0.39, 0.29) is 23.4 Å². The smallest absolute Gasteiger partial charge is 0.298 e. The quantitative estimate of drug-likeness (QED) is 0.819. The number of ether oxygens (including phenoxy) is 2. The van der Waals surface area contributed by atoms with Gasteiger partial charge in [0.05, 0.1) is 12.0 Å². The molecule has 2 amide bonds. The number of hydrogen-bond acceptors (Lipinski definition) is 5. The van der Waals surface area contributed by atoms with Crippen molar-refractivity contribution in [2.75, 3.05) is 26.9 Å². The van der Waals surface area contributed by atoms with Crippen molar-refractivity contribution in [3.05, 3.63) is 34.7 Å². The summed E-state index contributed by atoms with van der Waals surface area (Å²) in [4.78, 5) is 28.0. The molecular formula is C18H23N2O4S+. The van der Waals surface area contributed by atoms with Gasteiger partial charge in [0.1, 0.15) is 31.0 Å². The van der Waals surface area contributed by atoms with Gasteiger partial charge in [0.25, 0.3) is 11.1 Å². The molecule has 3 rings (SSSR count). The molecule has 2 fully saturated rings. The van der Waals surface area contributed by atoms with Gasteiger partial charge in [0.2, 0.25) is 0 Å². The number of amides is 2. The molecule has 1 N–H and O–H groups in total. The van der Waals surface area contributed by atoms with Crippen molar-refractivity contribution in [2.45, 2.75) is 26.1 Å². The Bertz CT molecular complexity index is 696. The van der Waals surface area contributed by atoms with Crippen LogP contribution in [0, 0.1) is 0 Å². The Morgan fingerprint density at radius 3 is 2.64 bits per heavy atom. The maximum absolute atomic E-state index is 12.7. The molecule has 0 spiro atoms. The molecular weight excluding hydrogens is 340 g/mol. The fourth-order valence-electron chi connectivity index (χ4n) is 3.31. The Labute approximate surface area is 151 Å². The van der Waals surface area contributed by atoms with Crippen molar-refractivity contribution in [1.82, 2.24) is 4.90 Å². The average Bonchev–Trinajstić information content (AvgIpc) is 2.82. The zero-order valence-electron chi connectivity index (χ0n) is 14.7. The van der Waals surface area contributed by atoms with Crippen LogP contribution in [0.25, 0.3) is 6.08 Å². The number of hydrogen-bond donors (Lipinski definition) is 1. The molecule has 1 aromatic rings. The molecule has 2 heterocycles. The number of carbonyl (C=O) groups excluding carboxylic acids is 2. The number of quaternary nitrogens is 1. The third kappa shape index (κ3) is 4.05. The Kier molecular flexibility index (Phi) is 5.46. The number of para-hydroxylation sites is 1. The van der Waals surface area contributed by atoms with Gasteiger partial charge in [-0.25, -0.2) is 4.90 Å². The van der Waals surface area contributed by atoms with Gasteiger partial charge in [-0.2, -0.15) is 0 Å². The van der Waals surface area contributed by atoms with E-state index in [1.807, 2.05) is 38.1 Å². The van der Waals surface area contributed by atoms with Crippen LogP contribution < -0.4 is 9.64 Å². The molecule has 0 bridgehead atoms. The number of morpholine rings is 1. The first-order valence-electron chi connectivity index (χ1n) is 8.35. The molecule has 0 unspecified atom stereocenters. The summed E-state index contributed by atoms with van der Waals surface area (Å²) >= 11 is 0.984. The fourth-order valence-corrected chi connectivity index (χ4v) is 4.13. The summed E-state index contributed by atoms with van der Waals surface area (Å²) in [7, 11) is 1.59. The van der Waals surface area contributed by atoms with Crippen LogP contribution in [-0.4, -0.2) is 55.1 Å². The van der Waals surface area contributed by atoms with E-state index in [1.165, 1.54) is 9.80 Å². The van der Waals surface area contributed by atoms with Crippen molar-refractivity contribution < 1.29 is 24.0 Å². The number of nitrogens with one attached hydrogen (secondary N) is 1. The fraction of sp³-hybridized carbons (Fsp3) is 0.444. The topological polar surface area (TPSA) is 60.3 Å². The van der Waals surface area contributed by atoms with Crippen LogP contribution in [-0.2, 0) is 9.53 Å². The molecule has 1 aromatic carbocycles. The highest BCUT2D eigenvalue weighted by molar-refractivity contribution is 8.18. The van der Waals surface area contributed by atoms with E-state index in [9.17, 15) is 9.59 Å². The first-order chi connectivity index (χ1) is 12.0. The summed E-state index contributed by atoms with van der Waals surface area (Å²) in [6.45, 7) is 6.00. The Morgan fingerprint density at radius 1 is 1.28 bits per heavy atom. The standard InChI is InChI=1S/C18H22N2O4S/c1-12-9-19(10-13(2)24-12)11-20-17(21)16(25-18(20)22)8-14-6-4-5-7-15(14)23-3/h4-8,12-13H,9-11H2,1-3H3/p+1/b16-8+/t12-,13-/m0/s1. The predicted octanol–water partition coefficient (Wildman–Crippen LogP) is 1.38. The highest BCUT2D eigenvalue weighted by Gasteiger charge is 2.39. The van der Waals surface area contributed by atoms with Crippen LogP contribution in [0.3, 0.4) is 0 Å². The lowest BCUT2D eigenvalue weighted by molar-refractivity contribution is -0.921. The summed E-state index contributed by atoms with van der Waals surface area (Å²) in [6, 6.07) is 7.44. The van der Waals surface area contributed by atoms with Gasteiger partial charge in [-0.1, -0.05) is 18.2 Å². The number of nitrogens with zero attached hydrogens (tertiary/aromatic N) is 1. The molecule has 2 saturated heterocycles. The van der Waals surface area contributed by atoms with E-state index in [0.717, 1.165) is 30.4 Å².